The lowest BCUT2D eigenvalue weighted by atomic mass is 10.0. The Bertz CT molecular complexity index is 1110. The number of fused-ring (bicyclic) bond motifs is 1. The van der Waals surface area contributed by atoms with Crippen LogP contribution in [0, 0.1) is 18.8 Å². The Morgan fingerprint density at radius 2 is 1.81 bits per heavy atom. The van der Waals surface area contributed by atoms with Crippen LogP contribution in [0.4, 0.5) is 4.79 Å². The minimum absolute atomic E-state index is 0.000982. The number of piperidine rings is 1. The molecule has 8 nitrogen and oxygen atoms in total. The summed E-state index contributed by atoms with van der Waals surface area (Å²) in [6.45, 7) is 2.06. The summed E-state index contributed by atoms with van der Waals surface area (Å²) < 4.78 is 27.4. The van der Waals surface area contributed by atoms with Gasteiger partial charge in [-0.05, 0) is 42.4 Å². The molecule has 0 aromatic heterocycles. The molecular weight excluding hydrogens is 430 g/mol. The van der Waals surface area contributed by atoms with Crippen LogP contribution in [-0.4, -0.2) is 55.6 Å². The average Bonchev–Trinajstić information content (AvgIpc) is 3.43. The van der Waals surface area contributed by atoms with E-state index in [2.05, 4.69) is 5.32 Å². The smallest absolute Gasteiger partial charge is 0.329 e. The highest BCUT2D eigenvalue weighted by Crippen LogP contribution is 2.49. The standard InChI is InChI=1S/C23H27N3O5S/c1-15-7-5-6-10-21(15)32(30,31)25-23(29)24-19(11-16-8-3-2-4-9-16)22(28)26-13-17-12-18(17)20(26)14-27/h2-10,17-20,27H,11-14H2,1H3,(H2,24,25,29)/t17-,18?,19-,20+/m0/s1. The first kappa shape index (κ1) is 22.3. The van der Waals surface area contributed by atoms with Crippen molar-refractivity contribution in [2.45, 2.75) is 36.7 Å². The van der Waals surface area contributed by atoms with E-state index >= 15 is 0 Å². The monoisotopic (exact) mass is 457 g/mol. The van der Waals surface area contributed by atoms with Crippen LogP contribution in [0.2, 0.25) is 0 Å². The van der Waals surface area contributed by atoms with Gasteiger partial charge < -0.3 is 15.3 Å². The quantitative estimate of drug-likeness (QED) is 0.582. The number of carbonyl (C=O) groups is 2. The number of benzene rings is 2. The van der Waals surface area contributed by atoms with Crippen LogP contribution in [0.3, 0.4) is 0 Å². The van der Waals surface area contributed by atoms with Gasteiger partial charge in [0, 0.05) is 13.0 Å². The number of amides is 3. The summed E-state index contributed by atoms with van der Waals surface area (Å²) in [6, 6.07) is 13.4. The number of nitrogens with zero attached hydrogens (tertiary/aromatic N) is 1. The normalized spacial score (nSPS) is 22.7. The number of sulfonamides is 1. The second-order valence-corrected chi connectivity index (χ2v) is 10.1. The first-order valence-electron chi connectivity index (χ1n) is 10.6. The molecule has 2 aliphatic rings. The molecule has 1 heterocycles. The predicted molar refractivity (Wildman–Crippen MR) is 118 cm³/mol. The van der Waals surface area contributed by atoms with Crippen LogP contribution < -0.4 is 10.0 Å². The van der Waals surface area contributed by atoms with E-state index in [4.69, 9.17) is 0 Å². The van der Waals surface area contributed by atoms with E-state index in [1.807, 2.05) is 35.1 Å². The molecule has 1 aliphatic carbocycles. The molecule has 4 atom stereocenters. The number of urea groups is 1. The fourth-order valence-electron chi connectivity index (χ4n) is 4.53. The number of hydrogen-bond donors (Lipinski definition) is 3. The van der Waals surface area contributed by atoms with Gasteiger partial charge in [0.1, 0.15) is 6.04 Å². The number of carbonyl (C=O) groups excluding carboxylic acids is 2. The second-order valence-electron chi connectivity index (χ2n) is 8.49. The molecule has 170 valence electrons. The van der Waals surface area contributed by atoms with Crippen LogP contribution in [0.15, 0.2) is 59.5 Å². The Hall–Kier alpha value is -2.91. The minimum atomic E-state index is -4.10. The average molecular weight is 458 g/mol. The largest absolute Gasteiger partial charge is 0.394 e. The van der Waals surface area contributed by atoms with Gasteiger partial charge in [-0.2, -0.15) is 0 Å². The maximum absolute atomic E-state index is 13.3. The van der Waals surface area contributed by atoms with Gasteiger partial charge in [0.25, 0.3) is 10.0 Å². The van der Waals surface area contributed by atoms with E-state index in [1.165, 1.54) is 6.07 Å². The lowest BCUT2D eigenvalue weighted by Gasteiger charge is -2.30. The van der Waals surface area contributed by atoms with E-state index in [0.29, 0.717) is 23.9 Å². The Morgan fingerprint density at radius 1 is 1.12 bits per heavy atom. The topological polar surface area (TPSA) is 116 Å². The molecular formula is C23H27N3O5S. The third kappa shape index (κ3) is 4.63. The molecule has 0 bridgehead atoms. The van der Waals surface area contributed by atoms with Crippen LogP contribution in [0.1, 0.15) is 17.5 Å². The van der Waals surface area contributed by atoms with Gasteiger partial charge in [0.2, 0.25) is 5.91 Å². The van der Waals surface area contributed by atoms with E-state index < -0.39 is 22.1 Å². The van der Waals surface area contributed by atoms with Crippen LogP contribution >= 0.6 is 0 Å². The Labute approximate surface area is 187 Å². The molecule has 2 fully saturated rings. The molecule has 3 N–H and O–H groups in total. The zero-order valence-corrected chi connectivity index (χ0v) is 18.6. The molecule has 0 radical (unpaired) electrons. The molecule has 2 aromatic carbocycles. The van der Waals surface area contributed by atoms with Gasteiger partial charge in [-0.15, -0.1) is 0 Å². The van der Waals surface area contributed by atoms with Crippen molar-refractivity contribution < 1.29 is 23.1 Å². The summed E-state index contributed by atoms with van der Waals surface area (Å²) in [7, 11) is -4.10. The number of aliphatic hydroxyl groups excluding tert-OH is 1. The fraction of sp³-hybridized carbons (Fsp3) is 0.391. The Kier molecular flexibility index (Phi) is 6.21. The highest BCUT2D eigenvalue weighted by Gasteiger charge is 2.54. The summed E-state index contributed by atoms with van der Waals surface area (Å²) in [5.41, 5.74) is 1.34. The van der Waals surface area contributed by atoms with Gasteiger partial charge in [-0.25, -0.2) is 17.9 Å². The van der Waals surface area contributed by atoms with Crippen molar-refractivity contribution in [3.8, 4) is 0 Å². The molecule has 2 aromatic rings. The van der Waals surface area contributed by atoms with Crippen molar-refractivity contribution in [3.05, 3.63) is 65.7 Å². The van der Waals surface area contributed by atoms with Crippen LogP contribution in [0.5, 0.6) is 0 Å². The van der Waals surface area contributed by atoms with Crippen molar-refractivity contribution in [2.24, 2.45) is 11.8 Å². The third-order valence-corrected chi connectivity index (χ3v) is 7.76. The summed E-state index contributed by atoms with van der Waals surface area (Å²) in [6.07, 6.45) is 1.21. The van der Waals surface area contributed by atoms with Gasteiger partial charge in [0.05, 0.1) is 17.5 Å². The molecule has 9 heteroatoms. The Balaban J connectivity index is 1.51. The number of likely N-dealkylation sites (tertiary alicyclic amines) is 1. The van der Waals surface area contributed by atoms with Crippen LogP contribution in [0.25, 0.3) is 0 Å². The Morgan fingerprint density at radius 3 is 2.50 bits per heavy atom. The van der Waals surface area contributed by atoms with Crippen molar-refractivity contribution >= 4 is 22.0 Å². The molecule has 3 amide bonds. The van der Waals surface area contributed by atoms with Gasteiger partial charge in [0.15, 0.2) is 0 Å². The highest BCUT2D eigenvalue weighted by atomic mass is 32.2. The summed E-state index contributed by atoms with van der Waals surface area (Å²) in [5.74, 6) is 0.379. The molecule has 1 unspecified atom stereocenters. The van der Waals surface area contributed by atoms with E-state index in [1.54, 1.807) is 30.0 Å². The number of aliphatic hydroxyl groups is 1. The molecule has 32 heavy (non-hydrogen) atoms. The maximum Gasteiger partial charge on any atom is 0.329 e. The third-order valence-electron chi connectivity index (χ3n) is 6.27. The highest BCUT2D eigenvalue weighted by molar-refractivity contribution is 7.90. The van der Waals surface area contributed by atoms with Crippen molar-refractivity contribution in [1.29, 1.82) is 0 Å². The van der Waals surface area contributed by atoms with Gasteiger partial charge in [-0.3, -0.25) is 4.79 Å². The van der Waals surface area contributed by atoms with Crippen molar-refractivity contribution in [3.63, 3.8) is 0 Å². The minimum Gasteiger partial charge on any atom is -0.394 e. The zero-order chi connectivity index (χ0) is 22.9. The maximum atomic E-state index is 13.3. The zero-order valence-electron chi connectivity index (χ0n) is 17.8. The number of aryl methyl sites for hydroxylation is 1. The summed E-state index contributed by atoms with van der Waals surface area (Å²) in [5, 5.41) is 12.3. The summed E-state index contributed by atoms with van der Waals surface area (Å²) in [4.78, 5) is 27.6. The molecule has 4 rings (SSSR count). The SMILES string of the molecule is Cc1ccccc1S(=O)(=O)NC(=O)N[C@@H](Cc1ccccc1)C(=O)N1C[C@@H]2CC2[C@H]1CO. The second kappa shape index (κ2) is 8.91. The van der Waals surface area contributed by atoms with Gasteiger partial charge >= 0.3 is 6.03 Å². The van der Waals surface area contributed by atoms with Gasteiger partial charge in [-0.1, -0.05) is 48.5 Å². The van der Waals surface area contributed by atoms with Crippen molar-refractivity contribution in [2.75, 3.05) is 13.2 Å². The number of hydrogen-bond acceptors (Lipinski definition) is 5. The van der Waals surface area contributed by atoms with Crippen LogP contribution in [-0.2, 0) is 21.2 Å². The molecule has 1 saturated carbocycles. The van der Waals surface area contributed by atoms with E-state index in [-0.39, 0.29) is 29.9 Å². The lowest BCUT2D eigenvalue weighted by molar-refractivity contribution is -0.135. The fourth-order valence-corrected chi connectivity index (χ4v) is 5.69. The first-order valence-corrected chi connectivity index (χ1v) is 12.1. The number of rotatable bonds is 7. The lowest BCUT2D eigenvalue weighted by Crippen LogP contribution is -2.55. The van der Waals surface area contributed by atoms with E-state index in [9.17, 15) is 23.1 Å². The number of nitrogens with one attached hydrogen (secondary N) is 2. The van der Waals surface area contributed by atoms with Crippen molar-refractivity contribution in [1.82, 2.24) is 14.9 Å². The summed E-state index contributed by atoms with van der Waals surface area (Å²) >= 11 is 0. The molecule has 1 saturated heterocycles. The van der Waals surface area contributed by atoms with E-state index in [0.717, 1.165) is 12.0 Å². The predicted octanol–water partition coefficient (Wildman–Crippen LogP) is 1.43. The molecule has 1 aliphatic heterocycles. The molecule has 0 spiro atoms. The first-order chi connectivity index (χ1) is 15.3.